The van der Waals surface area contributed by atoms with E-state index in [1.165, 1.54) is 25.9 Å². The molecule has 0 aromatic heterocycles. The molecule has 0 aliphatic carbocycles. The Morgan fingerprint density at radius 1 is 1.20 bits per heavy atom. The van der Waals surface area contributed by atoms with Crippen molar-refractivity contribution in [2.75, 3.05) is 46.8 Å². The van der Waals surface area contributed by atoms with E-state index in [0.29, 0.717) is 31.2 Å². The summed E-state index contributed by atoms with van der Waals surface area (Å²) >= 11 is 0. The summed E-state index contributed by atoms with van der Waals surface area (Å²) in [6, 6.07) is 5.19. The van der Waals surface area contributed by atoms with E-state index in [-0.39, 0.29) is 24.5 Å². The van der Waals surface area contributed by atoms with Crippen LogP contribution in [-0.4, -0.2) is 87.5 Å². The van der Waals surface area contributed by atoms with Crippen molar-refractivity contribution in [1.82, 2.24) is 19.4 Å². The molecule has 7 nitrogen and oxygen atoms in total. The SMILES string of the molecule is CCNC(=NCc1ccccc1S(=O)(=O)N(C)C)N1CCN(C(C)C(F)(F)F)CC1. The molecule has 1 aliphatic rings. The van der Waals surface area contributed by atoms with E-state index in [4.69, 9.17) is 0 Å². The largest absolute Gasteiger partial charge is 0.403 e. The van der Waals surface area contributed by atoms with Gasteiger partial charge in [-0.2, -0.15) is 13.2 Å². The van der Waals surface area contributed by atoms with E-state index < -0.39 is 22.2 Å². The molecular formula is C19H30F3N5O2S. The molecule has 1 aromatic rings. The summed E-state index contributed by atoms with van der Waals surface area (Å²) in [5.74, 6) is 0.564. The van der Waals surface area contributed by atoms with E-state index in [9.17, 15) is 21.6 Å². The molecule has 1 saturated heterocycles. The first-order valence-electron chi connectivity index (χ1n) is 9.83. The van der Waals surface area contributed by atoms with E-state index >= 15 is 0 Å². The fourth-order valence-electron chi connectivity index (χ4n) is 3.20. The molecule has 0 spiro atoms. The number of hydrogen-bond donors (Lipinski definition) is 1. The molecule has 1 aliphatic heterocycles. The van der Waals surface area contributed by atoms with Crippen molar-refractivity contribution in [2.45, 2.75) is 37.5 Å². The molecule has 1 unspecified atom stereocenters. The van der Waals surface area contributed by atoms with Gasteiger partial charge in [-0.1, -0.05) is 18.2 Å². The highest BCUT2D eigenvalue weighted by Crippen LogP contribution is 2.25. The van der Waals surface area contributed by atoms with Gasteiger partial charge in [0.05, 0.1) is 11.4 Å². The molecule has 30 heavy (non-hydrogen) atoms. The van der Waals surface area contributed by atoms with Gasteiger partial charge in [0.15, 0.2) is 5.96 Å². The van der Waals surface area contributed by atoms with Crippen LogP contribution in [-0.2, 0) is 16.6 Å². The van der Waals surface area contributed by atoms with Crippen molar-refractivity contribution in [3.63, 3.8) is 0 Å². The van der Waals surface area contributed by atoms with Crippen molar-refractivity contribution in [1.29, 1.82) is 0 Å². The topological polar surface area (TPSA) is 68.2 Å². The summed E-state index contributed by atoms with van der Waals surface area (Å²) in [5.41, 5.74) is 0.561. The Morgan fingerprint density at radius 2 is 1.80 bits per heavy atom. The number of piperazine rings is 1. The van der Waals surface area contributed by atoms with Crippen molar-refractivity contribution >= 4 is 16.0 Å². The van der Waals surface area contributed by atoms with Gasteiger partial charge in [0.1, 0.15) is 6.04 Å². The maximum absolute atomic E-state index is 13.0. The monoisotopic (exact) mass is 449 g/mol. The lowest BCUT2D eigenvalue weighted by molar-refractivity contribution is -0.181. The van der Waals surface area contributed by atoms with E-state index in [1.807, 2.05) is 11.8 Å². The second kappa shape index (κ2) is 9.97. The average molecular weight is 450 g/mol. The molecule has 170 valence electrons. The summed E-state index contributed by atoms with van der Waals surface area (Å²) in [5, 5.41) is 3.15. The average Bonchev–Trinajstić information content (AvgIpc) is 2.70. The third-order valence-electron chi connectivity index (χ3n) is 5.10. The summed E-state index contributed by atoms with van der Waals surface area (Å²) in [7, 11) is -0.660. The third-order valence-corrected chi connectivity index (χ3v) is 7.02. The summed E-state index contributed by atoms with van der Waals surface area (Å²) in [6.45, 7) is 5.18. The van der Waals surface area contributed by atoms with Crippen LogP contribution in [0.3, 0.4) is 0 Å². The number of guanidine groups is 1. The Bertz CT molecular complexity index is 835. The maximum atomic E-state index is 13.0. The molecule has 0 bridgehead atoms. The first-order valence-corrected chi connectivity index (χ1v) is 11.3. The quantitative estimate of drug-likeness (QED) is 0.531. The van der Waals surface area contributed by atoms with E-state index in [0.717, 1.165) is 4.31 Å². The first kappa shape index (κ1) is 24.4. The van der Waals surface area contributed by atoms with Gasteiger partial charge < -0.3 is 10.2 Å². The standard InChI is InChI=1S/C19H30F3N5O2S/c1-5-23-18(27-12-10-26(11-13-27)15(2)19(20,21)22)24-14-16-8-6-7-9-17(16)30(28,29)25(3)4/h6-9,15H,5,10-14H2,1-4H3,(H,23,24). The molecule has 0 amide bonds. The van der Waals surface area contributed by atoms with Crippen LogP contribution in [0, 0.1) is 0 Å². The lowest BCUT2D eigenvalue weighted by atomic mass is 10.2. The Kier molecular flexibility index (Phi) is 8.12. The highest BCUT2D eigenvalue weighted by Gasteiger charge is 2.41. The van der Waals surface area contributed by atoms with E-state index in [2.05, 4.69) is 10.3 Å². The molecule has 1 aromatic carbocycles. The maximum Gasteiger partial charge on any atom is 0.403 e. The molecular weight excluding hydrogens is 419 g/mol. The Balaban J connectivity index is 2.16. The van der Waals surface area contributed by atoms with Crippen molar-refractivity contribution < 1.29 is 21.6 Å². The second-order valence-corrected chi connectivity index (χ2v) is 9.43. The zero-order chi connectivity index (χ0) is 22.5. The van der Waals surface area contributed by atoms with Gasteiger partial charge >= 0.3 is 6.18 Å². The molecule has 2 rings (SSSR count). The van der Waals surface area contributed by atoms with Gasteiger partial charge in [0.25, 0.3) is 0 Å². The summed E-state index contributed by atoms with van der Waals surface area (Å²) < 4.78 is 65.2. The zero-order valence-electron chi connectivity index (χ0n) is 17.8. The van der Waals surface area contributed by atoms with Crippen LogP contribution in [0.5, 0.6) is 0 Å². The Hall–Kier alpha value is -1.85. The van der Waals surface area contributed by atoms with Crippen LogP contribution in [0.15, 0.2) is 34.2 Å². The normalized spacial score (nSPS) is 18.0. The van der Waals surface area contributed by atoms with Gasteiger partial charge in [-0.05, 0) is 25.5 Å². The minimum Gasteiger partial charge on any atom is -0.357 e. The van der Waals surface area contributed by atoms with Crippen LogP contribution in [0.4, 0.5) is 13.2 Å². The highest BCUT2D eigenvalue weighted by atomic mass is 32.2. The number of sulfonamides is 1. The third kappa shape index (κ3) is 5.86. The molecule has 1 fully saturated rings. The van der Waals surface area contributed by atoms with Crippen LogP contribution >= 0.6 is 0 Å². The van der Waals surface area contributed by atoms with Crippen LogP contribution in [0.25, 0.3) is 0 Å². The second-order valence-electron chi connectivity index (χ2n) is 7.31. The van der Waals surface area contributed by atoms with Gasteiger partial charge in [0, 0.05) is 46.8 Å². The molecule has 1 atom stereocenters. The number of rotatable bonds is 6. The molecule has 1 heterocycles. The predicted molar refractivity (Wildman–Crippen MR) is 111 cm³/mol. The number of halogens is 3. The predicted octanol–water partition coefficient (Wildman–Crippen LogP) is 1.97. The summed E-state index contributed by atoms with van der Waals surface area (Å²) in [4.78, 5) is 8.08. The number of nitrogens with zero attached hydrogens (tertiary/aromatic N) is 4. The molecule has 0 radical (unpaired) electrons. The van der Waals surface area contributed by atoms with Gasteiger partial charge in [-0.15, -0.1) is 0 Å². The van der Waals surface area contributed by atoms with Crippen LogP contribution < -0.4 is 5.32 Å². The van der Waals surface area contributed by atoms with Crippen LogP contribution in [0.2, 0.25) is 0 Å². The lowest BCUT2D eigenvalue weighted by Gasteiger charge is -2.39. The smallest absolute Gasteiger partial charge is 0.357 e. The van der Waals surface area contributed by atoms with Crippen molar-refractivity contribution in [3.05, 3.63) is 29.8 Å². The molecule has 0 saturated carbocycles. The lowest BCUT2D eigenvalue weighted by Crippen LogP contribution is -2.56. The van der Waals surface area contributed by atoms with Crippen molar-refractivity contribution in [3.8, 4) is 0 Å². The fourth-order valence-corrected chi connectivity index (χ4v) is 4.30. The number of nitrogens with one attached hydrogen (secondary N) is 1. The Morgan fingerprint density at radius 3 is 2.33 bits per heavy atom. The summed E-state index contributed by atoms with van der Waals surface area (Å²) in [6.07, 6.45) is -4.25. The first-order chi connectivity index (χ1) is 14.0. The van der Waals surface area contributed by atoms with Crippen LogP contribution in [0.1, 0.15) is 19.4 Å². The fraction of sp³-hybridized carbons (Fsp3) is 0.632. The molecule has 11 heteroatoms. The van der Waals surface area contributed by atoms with Gasteiger partial charge in [0.2, 0.25) is 10.0 Å². The van der Waals surface area contributed by atoms with Gasteiger partial charge in [-0.25, -0.2) is 17.7 Å². The van der Waals surface area contributed by atoms with Crippen molar-refractivity contribution in [2.24, 2.45) is 4.99 Å². The minimum atomic E-state index is -4.25. The van der Waals surface area contributed by atoms with E-state index in [1.54, 1.807) is 24.3 Å². The number of hydrogen-bond acceptors (Lipinski definition) is 4. The van der Waals surface area contributed by atoms with Gasteiger partial charge in [-0.3, -0.25) is 4.90 Å². The zero-order valence-corrected chi connectivity index (χ0v) is 18.6. The number of alkyl halides is 3. The number of aliphatic imine (C=N–C) groups is 1. The highest BCUT2D eigenvalue weighted by molar-refractivity contribution is 7.89. The molecule has 1 N–H and O–H groups in total. The number of benzene rings is 1. The minimum absolute atomic E-state index is 0.144. The Labute approximate surface area is 176 Å².